The van der Waals surface area contributed by atoms with Crippen LogP contribution in [0.15, 0.2) is 141 Å². The number of aromatic nitrogens is 2. The molecule has 4 aromatic carbocycles. The maximum absolute atomic E-state index is 11.4. The number of carboxylic acids is 2. The number of aliphatic carboxylic acids is 2. The van der Waals surface area contributed by atoms with Crippen LogP contribution in [0.25, 0.3) is 22.5 Å². The molecule has 6 rings (SSSR count). The maximum atomic E-state index is 11.4. The van der Waals surface area contributed by atoms with Crippen LogP contribution in [0.4, 0.5) is 0 Å². The number of carboxylic acid groups (broad SMARTS) is 2. The molecule has 0 spiro atoms. The minimum Gasteiger partial charge on any atom is -0.487 e. The van der Waals surface area contributed by atoms with Crippen LogP contribution in [0.1, 0.15) is 50.6 Å². The predicted octanol–water partition coefficient (Wildman–Crippen LogP) is 8.39. The minimum atomic E-state index is -0.998. The van der Waals surface area contributed by atoms with Crippen molar-refractivity contribution >= 4 is 23.4 Å². The van der Waals surface area contributed by atoms with E-state index in [2.05, 4.69) is 20.3 Å². The number of carbonyl (C=O) groups is 2. The van der Waals surface area contributed by atoms with Gasteiger partial charge in [-0.25, -0.2) is 19.6 Å². The summed E-state index contributed by atoms with van der Waals surface area (Å²) in [6, 6.07) is 33.7. The van der Waals surface area contributed by atoms with Gasteiger partial charge < -0.3 is 47.7 Å². The topological polar surface area (TPSA) is 207 Å². The van der Waals surface area contributed by atoms with Gasteiger partial charge in [-0.05, 0) is 63.1 Å². The highest BCUT2D eigenvalue weighted by atomic mass is 16.6. The molecule has 0 saturated heterocycles. The third kappa shape index (κ3) is 15.0. The SMILES string of the molecule is CCON=C(COc1ccc(CC(OCC)C(=O)O)cc1)c1nc(-c2ccccc2)co1.CCON=C(COc1cccc(CC(OCC)C(=O)O)c1)c1nc(-c2ccccc2)co1. The van der Waals surface area contributed by atoms with Crippen molar-refractivity contribution in [2.75, 3.05) is 39.6 Å². The van der Waals surface area contributed by atoms with Gasteiger partial charge in [0.15, 0.2) is 23.6 Å². The van der Waals surface area contributed by atoms with E-state index in [1.54, 1.807) is 56.7 Å². The molecular formula is C48H52N4O12. The molecule has 0 fully saturated rings. The van der Waals surface area contributed by atoms with Crippen molar-refractivity contribution in [2.24, 2.45) is 10.3 Å². The van der Waals surface area contributed by atoms with Crippen LogP contribution in [-0.2, 0) is 41.6 Å². The number of oxime groups is 2. The average Bonchev–Trinajstić information content (AvgIpc) is 4.02. The molecule has 2 unspecified atom stereocenters. The van der Waals surface area contributed by atoms with E-state index in [1.165, 1.54) is 0 Å². The molecule has 0 saturated carbocycles. The normalized spacial score (nSPS) is 12.4. The number of hydrogen-bond donors (Lipinski definition) is 2. The van der Waals surface area contributed by atoms with Gasteiger partial charge in [0.05, 0.1) is 0 Å². The van der Waals surface area contributed by atoms with Crippen molar-refractivity contribution in [2.45, 2.75) is 52.7 Å². The van der Waals surface area contributed by atoms with Crippen LogP contribution < -0.4 is 9.47 Å². The van der Waals surface area contributed by atoms with Crippen molar-refractivity contribution < 1.29 is 57.3 Å². The van der Waals surface area contributed by atoms with Crippen molar-refractivity contribution in [1.82, 2.24) is 9.97 Å². The molecule has 16 heteroatoms. The van der Waals surface area contributed by atoms with Gasteiger partial charge in [0.1, 0.15) is 61.8 Å². The Balaban J connectivity index is 0.000000241. The first kappa shape index (κ1) is 47.7. The summed E-state index contributed by atoms with van der Waals surface area (Å²) in [4.78, 5) is 42.0. The Morgan fingerprint density at radius 3 is 1.48 bits per heavy atom. The van der Waals surface area contributed by atoms with E-state index < -0.39 is 24.1 Å². The molecule has 6 aromatic rings. The van der Waals surface area contributed by atoms with E-state index in [-0.39, 0.29) is 26.1 Å². The molecule has 0 amide bonds. The van der Waals surface area contributed by atoms with Crippen molar-refractivity contribution in [1.29, 1.82) is 0 Å². The second kappa shape index (κ2) is 25.6. The Morgan fingerprint density at radius 1 is 0.562 bits per heavy atom. The average molecular weight is 877 g/mol. The third-order valence-corrected chi connectivity index (χ3v) is 8.95. The van der Waals surface area contributed by atoms with E-state index in [1.807, 2.05) is 92.7 Å². The van der Waals surface area contributed by atoms with Crippen LogP contribution in [0.3, 0.4) is 0 Å². The van der Waals surface area contributed by atoms with Gasteiger partial charge >= 0.3 is 11.9 Å². The van der Waals surface area contributed by atoms with Crippen molar-refractivity contribution in [3.05, 3.63) is 145 Å². The quantitative estimate of drug-likeness (QED) is 0.0433. The first-order chi connectivity index (χ1) is 31.2. The van der Waals surface area contributed by atoms with Gasteiger partial charge in [0.25, 0.3) is 0 Å². The summed E-state index contributed by atoms with van der Waals surface area (Å²) < 4.78 is 33.5. The monoisotopic (exact) mass is 876 g/mol. The largest absolute Gasteiger partial charge is 0.487 e. The zero-order chi connectivity index (χ0) is 45.5. The zero-order valence-electron chi connectivity index (χ0n) is 36.1. The minimum absolute atomic E-state index is 0.0615. The smallest absolute Gasteiger partial charge is 0.333 e. The lowest BCUT2D eigenvalue weighted by Gasteiger charge is -2.13. The molecule has 0 aliphatic heterocycles. The van der Waals surface area contributed by atoms with Crippen LogP contribution in [0, 0.1) is 0 Å². The Hall–Kier alpha value is -7.30. The first-order valence-electron chi connectivity index (χ1n) is 20.7. The maximum Gasteiger partial charge on any atom is 0.333 e. The molecule has 0 radical (unpaired) electrons. The second-order valence-corrected chi connectivity index (χ2v) is 13.6. The number of rotatable bonds is 24. The molecule has 16 nitrogen and oxygen atoms in total. The number of nitrogens with zero attached hydrogens (tertiary/aromatic N) is 4. The van der Waals surface area contributed by atoms with E-state index in [0.717, 1.165) is 22.3 Å². The highest BCUT2D eigenvalue weighted by Gasteiger charge is 2.21. The predicted molar refractivity (Wildman–Crippen MR) is 238 cm³/mol. The third-order valence-electron chi connectivity index (χ3n) is 8.95. The first-order valence-corrected chi connectivity index (χ1v) is 20.7. The molecular weight excluding hydrogens is 825 g/mol. The summed E-state index contributed by atoms with van der Waals surface area (Å²) in [5.74, 6) is -0.212. The summed E-state index contributed by atoms with van der Waals surface area (Å²) in [5.41, 5.74) is 5.67. The molecule has 0 aliphatic carbocycles. The van der Waals surface area contributed by atoms with Gasteiger partial charge in [-0.1, -0.05) is 95.2 Å². The number of ether oxygens (including phenoxy) is 4. The molecule has 0 bridgehead atoms. The van der Waals surface area contributed by atoms with Crippen molar-refractivity contribution in [3.63, 3.8) is 0 Å². The lowest BCUT2D eigenvalue weighted by atomic mass is 10.1. The van der Waals surface area contributed by atoms with Gasteiger partial charge in [-0.2, -0.15) is 0 Å². The van der Waals surface area contributed by atoms with Gasteiger partial charge in [0.2, 0.25) is 11.8 Å². The Bertz CT molecular complexity index is 2380. The van der Waals surface area contributed by atoms with E-state index in [4.69, 9.17) is 37.5 Å². The van der Waals surface area contributed by atoms with Crippen LogP contribution >= 0.6 is 0 Å². The summed E-state index contributed by atoms with van der Waals surface area (Å²) in [7, 11) is 0. The van der Waals surface area contributed by atoms with E-state index in [0.29, 0.717) is 72.5 Å². The van der Waals surface area contributed by atoms with Gasteiger partial charge in [-0.15, -0.1) is 0 Å². The lowest BCUT2D eigenvalue weighted by Crippen LogP contribution is -2.26. The van der Waals surface area contributed by atoms with E-state index in [9.17, 15) is 19.8 Å². The molecule has 2 aromatic heterocycles. The Kier molecular flexibility index (Phi) is 19.1. The molecule has 0 aliphatic rings. The number of hydrogen-bond acceptors (Lipinski definition) is 14. The fourth-order valence-corrected chi connectivity index (χ4v) is 5.89. The fourth-order valence-electron chi connectivity index (χ4n) is 5.89. The van der Waals surface area contributed by atoms with E-state index >= 15 is 0 Å². The number of benzene rings is 4. The highest BCUT2D eigenvalue weighted by Crippen LogP contribution is 2.22. The molecule has 64 heavy (non-hydrogen) atoms. The van der Waals surface area contributed by atoms with Crippen LogP contribution in [0.2, 0.25) is 0 Å². The van der Waals surface area contributed by atoms with Crippen molar-refractivity contribution in [3.8, 4) is 34.0 Å². The van der Waals surface area contributed by atoms with Gasteiger partial charge in [-0.3, -0.25) is 0 Å². The fraction of sp³-hybridized carbons (Fsp3) is 0.292. The standard InChI is InChI=1S/2C24H26N2O6/c1-3-29-22(24(27)28)14-17-9-8-12-19(13-17)30-16-21(26-32-4-2)23-25-20(15-31-23)18-10-6-5-7-11-18;1-3-29-22(24(27)28)14-17-10-12-19(13-11-17)30-16-21(26-32-4-2)23-25-20(15-31-23)18-8-6-5-7-9-18/h2*5-13,15,22H,3-4,14,16H2,1-2H3,(H,27,28). The summed E-state index contributed by atoms with van der Waals surface area (Å²) in [6.07, 6.45) is 1.86. The Labute approximate surface area is 371 Å². The summed E-state index contributed by atoms with van der Waals surface area (Å²) in [6.45, 7) is 8.79. The highest BCUT2D eigenvalue weighted by molar-refractivity contribution is 5.98. The second-order valence-electron chi connectivity index (χ2n) is 13.6. The zero-order valence-corrected chi connectivity index (χ0v) is 36.1. The Morgan fingerprint density at radius 2 is 1.03 bits per heavy atom. The number of oxazole rings is 2. The summed E-state index contributed by atoms with van der Waals surface area (Å²) in [5, 5.41) is 26.7. The van der Waals surface area contributed by atoms with Crippen LogP contribution in [-0.4, -0.2) is 95.4 Å². The molecule has 2 heterocycles. The summed E-state index contributed by atoms with van der Waals surface area (Å²) >= 11 is 0. The molecule has 2 N–H and O–H groups in total. The van der Waals surface area contributed by atoms with Crippen LogP contribution in [0.5, 0.6) is 11.5 Å². The molecule has 2 atom stereocenters. The lowest BCUT2D eigenvalue weighted by molar-refractivity contribution is -0.150. The van der Waals surface area contributed by atoms with Gasteiger partial charge in [0, 0.05) is 37.2 Å². The molecule has 336 valence electrons.